The van der Waals surface area contributed by atoms with Crippen LogP contribution in [0.3, 0.4) is 0 Å². The number of rotatable bonds is 13. The predicted molar refractivity (Wildman–Crippen MR) is 141 cm³/mol. The maximum absolute atomic E-state index is 13.5. The molecule has 2 aromatic carbocycles. The zero-order valence-electron chi connectivity index (χ0n) is 21.5. The van der Waals surface area contributed by atoms with Crippen molar-refractivity contribution in [3.63, 3.8) is 0 Å². The highest BCUT2D eigenvalue weighted by atomic mass is 16.5. The second-order valence-corrected chi connectivity index (χ2v) is 9.37. The molecular weight excluding hydrogens is 468 g/mol. The summed E-state index contributed by atoms with van der Waals surface area (Å²) in [5.41, 5.74) is 1.97. The number of ketones is 1. The molecule has 2 atom stereocenters. The number of ether oxygens (including phenoxy) is 1. The smallest absolute Gasteiger partial charge is 0.272 e. The Balaban J connectivity index is 1.72. The molecule has 0 radical (unpaired) electrons. The summed E-state index contributed by atoms with van der Waals surface area (Å²) in [7, 11) is 1.60. The standard InChI is InChI=1S/C29H34N4O4/c1-20(2)15-23(28(35)32-18-22-9-11-24(37-3)12-10-22)17-27(34)25(16-21-7-5-4-6-8-21)33-29(36)26-19-30-13-14-31-26/h4-14,19-20,23,25H,15-18H2,1-3H3,(H,32,35)(H,33,36)/t23-,25+/m1/s1. The van der Waals surface area contributed by atoms with Gasteiger partial charge in [0.2, 0.25) is 5.91 Å². The fraction of sp³-hybridized carbons (Fsp3) is 0.345. The van der Waals surface area contributed by atoms with Gasteiger partial charge in [0.05, 0.1) is 19.3 Å². The molecule has 8 heteroatoms. The van der Waals surface area contributed by atoms with E-state index in [1.807, 2.05) is 68.4 Å². The fourth-order valence-electron chi connectivity index (χ4n) is 4.06. The molecule has 1 heterocycles. The van der Waals surface area contributed by atoms with Crippen molar-refractivity contribution >= 4 is 17.6 Å². The lowest BCUT2D eigenvalue weighted by Gasteiger charge is -2.22. The van der Waals surface area contributed by atoms with Crippen molar-refractivity contribution in [1.29, 1.82) is 0 Å². The Hall–Kier alpha value is -4.07. The third-order valence-electron chi connectivity index (χ3n) is 5.97. The normalized spacial score (nSPS) is 12.4. The highest BCUT2D eigenvalue weighted by Crippen LogP contribution is 2.19. The maximum Gasteiger partial charge on any atom is 0.272 e. The lowest BCUT2D eigenvalue weighted by molar-refractivity contribution is -0.130. The first-order valence-corrected chi connectivity index (χ1v) is 12.4. The molecule has 2 N–H and O–H groups in total. The first-order valence-electron chi connectivity index (χ1n) is 12.4. The van der Waals surface area contributed by atoms with Crippen LogP contribution in [0.4, 0.5) is 0 Å². The van der Waals surface area contributed by atoms with E-state index in [2.05, 4.69) is 20.6 Å². The minimum Gasteiger partial charge on any atom is -0.497 e. The largest absolute Gasteiger partial charge is 0.497 e. The van der Waals surface area contributed by atoms with E-state index >= 15 is 0 Å². The summed E-state index contributed by atoms with van der Waals surface area (Å²) >= 11 is 0. The number of hydrogen-bond donors (Lipinski definition) is 2. The van der Waals surface area contributed by atoms with E-state index in [0.717, 1.165) is 16.9 Å². The molecule has 0 aliphatic rings. The Morgan fingerprint density at radius 1 is 0.946 bits per heavy atom. The van der Waals surface area contributed by atoms with E-state index in [0.29, 0.717) is 19.4 Å². The Bertz CT molecular complexity index is 1150. The number of amides is 2. The number of benzene rings is 2. The summed E-state index contributed by atoms with van der Waals surface area (Å²) in [5, 5.41) is 5.78. The number of carbonyl (C=O) groups is 3. The molecule has 2 amide bonds. The second-order valence-electron chi connectivity index (χ2n) is 9.37. The van der Waals surface area contributed by atoms with Crippen molar-refractivity contribution in [2.75, 3.05) is 7.11 Å². The summed E-state index contributed by atoms with van der Waals surface area (Å²) in [4.78, 5) is 47.4. The Kier molecular flexibility index (Phi) is 10.3. The van der Waals surface area contributed by atoms with Crippen molar-refractivity contribution in [1.82, 2.24) is 20.6 Å². The van der Waals surface area contributed by atoms with E-state index in [-0.39, 0.29) is 29.7 Å². The molecule has 194 valence electrons. The van der Waals surface area contributed by atoms with Gasteiger partial charge in [0.1, 0.15) is 11.4 Å². The average molecular weight is 503 g/mol. The van der Waals surface area contributed by atoms with E-state index in [4.69, 9.17) is 4.74 Å². The molecule has 1 aromatic heterocycles. The number of Topliss-reactive ketones (excluding diaryl/α,β-unsaturated/α-hetero) is 1. The van der Waals surface area contributed by atoms with Crippen molar-refractivity contribution < 1.29 is 19.1 Å². The molecule has 0 aliphatic heterocycles. The van der Waals surface area contributed by atoms with Gasteiger partial charge in [-0.25, -0.2) is 4.98 Å². The fourth-order valence-corrected chi connectivity index (χ4v) is 4.06. The lowest BCUT2D eigenvalue weighted by atomic mass is 9.88. The molecule has 3 aromatic rings. The van der Waals surface area contributed by atoms with Gasteiger partial charge in [-0.15, -0.1) is 0 Å². The van der Waals surface area contributed by atoms with E-state index in [1.165, 1.54) is 18.6 Å². The second kappa shape index (κ2) is 13.9. The predicted octanol–water partition coefficient (Wildman–Crippen LogP) is 3.76. The number of hydrogen-bond acceptors (Lipinski definition) is 6. The highest BCUT2D eigenvalue weighted by Gasteiger charge is 2.29. The molecule has 37 heavy (non-hydrogen) atoms. The number of nitrogens with zero attached hydrogens (tertiary/aromatic N) is 2. The Morgan fingerprint density at radius 2 is 1.68 bits per heavy atom. The van der Waals surface area contributed by atoms with Gasteiger partial charge in [0.15, 0.2) is 5.78 Å². The Labute approximate surface area is 217 Å². The monoisotopic (exact) mass is 502 g/mol. The molecule has 3 rings (SSSR count). The zero-order valence-corrected chi connectivity index (χ0v) is 21.5. The molecule has 0 unspecified atom stereocenters. The van der Waals surface area contributed by atoms with Gasteiger partial charge < -0.3 is 15.4 Å². The van der Waals surface area contributed by atoms with Crippen molar-refractivity contribution in [2.24, 2.45) is 11.8 Å². The number of nitrogens with one attached hydrogen (secondary N) is 2. The first kappa shape index (κ1) is 27.5. The van der Waals surface area contributed by atoms with Crippen LogP contribution in [0.1, 0.15) is 48.3 Å². The van der Waals surface area contributed by atoms with Gasteiger partial charge in [-0.2, -0.15) is 0 Å². The van der Waals surface area contributed by atoms with Crippen LogP contribution in [0.5, 0.6) is 5.75 Å². The van der Waals surface area contributed by atoms with Crippen molar-refractivity contribution in [3.8, 4) is 5.75 Å². The first-order chi connectivity index (χ1) is 17.9. The SMILES string of the molecule is COc1ccc(CNC(=O)[C@@H](CC(=O)[C@H](Cc2ccccc2)NC(=O)c2cnccn2)CC(C)C)cc1. The molecule has 0 saturated heterocycles. The average Bonchev–Trinajstić information content (AvgIpc) is 2.92. The molecule has 0 spiro atoms. The van der Waals surface area contributed by atoms with Crippen LogP contribution in [0.25, 0.3) is 0 Å². The summed E-state index contributed by atoms with van der Waals surface area (Å²) in [6, 6.07) is 16.1. The summed E-state index contributed by atoms with van der Waals surface area (Å²) in [5.74, 6) is -0.426. The molecule has 8 nitrogen and oxygen atoms in total. The van der Waals surface area contributed by atoms with Gasteiger partial charge in [-0.3, -0.25) is 19.4 Å². The quantitative estimate of drug-likeness (QED) is 0.368. The van der Waals surface area contributed by atoms with Gasteiger partial charge in [-0.1, -0.05) is 56.3 Å². The van der Waals surface area contributed by atoms with Crippen LogP contribution in [0.2, 0.25) is 0 Å². The van der Waals surface area contributed by atoms with Gasteiger partial charge in [0.25, 0.3) is 5.91 Å². The number of carbonyl (C=O) groups excluding carboxylic acids is 3. The van der Waals surface area contributed by atoms with Crippen LogP contribution in [0.15, 0.2) is 73.2 Å². The van der Waals surface area contributed by atoms with E-state index in [1.54, 1.807) is 7.11 Å². The summed E-state index contributed by atoms with van der Waals surface area (Å²) in [6.45, 7) is 4.39. The topological polar surface area (TPSA) is 110 Å². The summed E-state index contributed by atoms with van der Waals surface area (Å²) in [6.07, 6.45) is 5.14. The van der Waals surface area contributed by atoms with Crippen LogP contribution in [-0.4, -0.2) is 40.7 Å². The minimum atomic E-state index is -0.805. The van der Waals surface area contributed by atoms with Gasteiger partial charge in [0, 0.05) is 31.3 Å². The minimum absolute atomic E-state index is 0.0187. The number of methoxy groups -OCH3 is 1. The van der Waals surface area contributed by atoms with Crippen LogP contribution >= 0.6 is 0 Å². The summed E-state index contributed by atoms with van der Waals surface area (Å²) < 4.78 is 5.18. The molecular formula is C29H34N4O4. The Morgan fingerprint density at radius 3 is 2.30 bits per heavy atom. The van der Waals surface area contributed by atoms with Crippen molar-refractivity contribution in [3.05, 3.63) is 90.0 Å². The molecule has 0 aliphatic carbocycles. The van der Waals surface area contributed by atoms with Gasteiger partial charge >= 0.3 is 0 Å². The molecule has 0 bridgehead atoms. The highest BCUT2D eigenvalue weighted by molar-refractivity contribution is 5.97. The van der Waals surface area contributed by atoms with Crippen LogP contribution < -0.4 is 15.4 Å². The van der Waals surface area contributed by atoms with E-state index in [9.17, 15) is 14.4 Å². The molecule has 0 fully saturated rings. The zero-order chi connectivity index (χ0) is 26.6. The van der Waals surface area contributed by atoms with E-state index < -0.39 is 17.9 Å². The van der Waals surface area contributed by atoms with Gasteiger partial charge in [-0.05, 0) is 42.0 Å². The number of aromatic nitrogens is 2. The van der Waals surface area contributed by atoms with Crippen LogP contribution in [0, 0.1) is 11.8 Å². The molecule has 0 saturated carbocycles. The third kappa shape index (κ3) is 8.83. The third-order valence-corrected chi connectivity index (χ3v) is 5.97. The van der Waals surface area contributed by atoms with Crippen molar-refractivity contribution in [2.45, 2.75) is 45.7 Å². The maximum atomic E-state index is 13.5. The lowest BCUT2D eigenvalue weighted by Crippen LogP contribution is -2.44. The van der Waals surface area contributed by atoms with Crippen LogP contribution in [-0.2, 0) is 22.6 Å².